The maximum atomic E-state index is 13.2. The predicted molar refractivity (Wildman–Crippen MR) is 80.2 cm³/mol. The molecule has 116 valence electrons. The molecule has 0 aliphatic rings. The molecule has 0 saturated carbocycles. The molecule has 1 aromatic heterocycles. The fraction of sp³-hybridized carbons (Fsp3) is 0.312. The Bertz CT molecular complexity index is 745. The topological polar surface area (TPSA) is 79.3 Å². The average Bonchev–Trinajstić information content (AvgIpc) is 2.45. The second kappa shape index (κ2) is 6.09. The molecule has 2 aromatic rings. The third-order valence-corrected chi connectivity index (χ3v) is 3.71. The lowest BCUT2D eigenvalue weighted by atomic mass is 10.0. The van der Waals surface area contributed by atoms with E-state index in [-0.39, 0.29) is 5.82 Å². The van der Waals surface area contributed by atoms with E-state index in [1.165, 1.54) is 19.1 Å². The number of hydrogen-bond acceptors (Lipinski definition) is 3. The van der Waals surface area contributed by atoms with Crippen molar-refractivity contribution in [2.75, 3.05) is 0 Å². The van der Waals surface area contributed by atoms with E-state index in [1.807, 2.05) is 0 Å². The third-order valence-electron chi connectivity index (χ3n) is 3.71. The van der Waals surface area contributed by atoms with Gasteiger partial charge in [-0.2, -0.15) is 0 Å². The number of carboxylic acids is 1. The second-order valence-corrected chi connectivity index (χ2v) is 5.35. The third kappa shape index (κ3) is 3.21. The molecule has 1 amide bonds. The number of nitrogens with zero attached hydrogens (tertiary/aromatic N) is 1. The highest BCUT2D eigenvalue weighted by Crippen LogP contribution is 2.18. The zero-order chi connectivity index (χ0) is 16.4. The van der Waals surface area contributed by atoms with E-state index in [9.17, 15) is 14.0 Å². The van der Waals surface area contributed by atoms with Crippen molar-refractivity contribution in [1.29, 1.82) is 0 Å². The summed E-state index contributed by atoms with van der Waals surface area (Å²) in [6, 6.07) is 5.27. The highest BCUT2D eigenvalue weighted by Gasteiger charge is 2.22. The number of benzene rings is 1. The molecular formula is C16H17FN2O3. The Kier molecular flexibility index (Phi) is 4.40. The van der Waals surface area contributed by atoms with Crippen LogP contribution in [0.2, 0.25) is 0 Å². The normalized spacial score (nSPS) is 13.6. The number of aryl methyl sites for hydroxylation is 1. The maximum Gasteiger partial charge on any atom is 0.308 e. The van der Waals surface area contributed by atoms with Crippen LogP contribution in [0, 0.1) is 18.7 Å². The Morgan fingerprint density at radius 3 is 2.59 bits per heavy atom. The Morgan fingerprint density at radius 2 is 1.95 bits per heavy atom. The fourth-order valence-electron chi connectivity index (χ4n) is 2.09. The molecule has 0 radical (unpaired) electrons. The zero-order valence-electron chi connectivity index (χ0n) is 12.6. The van der Waals surface area contributed by atoms with E-state index < -0.39 is 23.8 Å². The van der Waals surface area contributed by atoms with E-state index in [0.29, 0.717) is 22.2 Å². The minimum atomic E-state index is -0.975. The number of aromatic nitrogens is 1. The number of aliphatic carboxylic acids is 1. The number of carbonyl (C=O) groups is 2. The molecular weight excluding hydrogens is 287 g/mol. The first-order chi connectivity index (χ1) is 10.3. The zero-order valence-corrected chi connectivity index (χ0v) is 12.6. The summed E-state index contributed by atoms with van der Waals surface area (Å²) in [4.78, 5) is 27.5. The summed E-state index contributed by atoms with van der Waals surface area (Å²) < 4.78 is 13.2. The molecule has 2 rings (SSSR count). The van der Waals surface area contributed by atoms with Crippen LogP contribution in [0.15, 0.2) is 24.3 Å². The van der Waals surface area contributed by atoms with Crippen molar-refractivity contribution in [2.45, 2.75) is 26.8 Å². The molecule has 2 atom stereocenters. The molecule has 5 nitrogen and oxygen atoms in total. The number of nitrogens with one attached hydrogen (secondary N) is 1. The van der Waals surface area contributed by atoms with Crippen LogP contribution in [0.3, 0.4) is 0 Å². The quantitative estimate of drug-likeness (QED) is 0.909. The summed E-state index contributed by atoms with van der Waals surface area (Å²) in [5.74, 6) is -2.46. The molecule has 2 unspecified atom stereocenters. The molecule has 2 N–H and O–H groups in total. The van der Waals surface area contributed by atoms with E-state index >= 15 is 0 Å². The number of fused-ring (bicyclic) bond motifs is 1. The molecule has 0 bridgehead atoms. The van der Waals surface area contributed by atoms with Crippen molar-refractivity contribution in [3.63, 3.8) is 0 Å². The van der Waals surface area contributed by atoms with E-state index in [4.69, 9.17) is 5.11 Å². The van der Waals surface area contributed by atoms with Crippen molar-refractivity contribution >= 4 is 22.8 Å². The lowest BCUT2D eigenvalue weighted by Crippen LogP contribution is -2.40. The van der Waals surface area contributed by atoms with Crippen LogP contribution < -0.4 is 5.32 Å². The first kappa shape index (κ1) is 15.9. The summed E-state index contributed by atoms with van der Waals surface area (Å²) >= 11 is 0. The largest absolute Gasteiger partial charge is 0.481 e. The van der Waals surface area contributed by atoms with Gasteiger partial charge in [-0.25, -0.2) is 4.39 Å². The number of amides is 1. The summed E-state index contributed by atoms with van der Waals surface area (Å²) in [6.45, 7) is 4.82. The summed E-state index contributed by atoms with van der Waals surface area (Å²) in [7, 11) is 0. The summed E-state index contributed by atoms with van der Waals surface area (Å²) in [5.41, 5.74) is 1.29. The Labute approximate surface area is 127 Å². The van der Waals surface area contributed by atoms with Crippen LogP contribution in [0.4, 0.5) is 4.39 Å². The number of halogens is 1. The van der Waals surface area contributed by atoms with E-state index in [2.05, 4.69) is 10.3 Å². The van der Waals surface area contributed by atoms with Gasteiger partial charge in [0.2, 0.25) is 0 Å². The standard InChI is InChI=1S/C16H17FN2O3/c1-8(16(21)22)9(2)19-15(20)13-6-11-4-5-12(17)7-14(11)18-10(13)3/h4-9H,1-3H3,(H,19,20)(H,21,22). The van der Waals surface area contributed by atoms with Gasteiger partial charge < -0.3 is 10.4 Å². The number of hydrogen-bond donors (Lipinski definition) is 2. The van der Waals surface area contributed by atoms with Gasteiger partial charge >= 0.3 is 5.97 Å². The Morgan fingerprint density at radius 1 is 1.27 bits per heavy atom. The van der Waals surface area contributed by atoms with Gasteiger partial charge in [0.15, 0.2) is 0 Å². The molecule has 0 saturated heterocycles. The average molecular weight is 304 g/mol. The second-order valence-electron chi connectivity index (χ2n) is 5.35. The maximum absolute atomic E-state index is 13.2. The lowest BCUT2D eigenvalue weighted by Gasteiger charge is -2.18. The molecule has 22 heavy (non-hydrogen) atoms. The number of rotatable bonds is 4. The van der Waals surface area contributed by atoms with Crippen LogP contribution in [0.25, 0.3) is 10.9 Å². The van der Waals surface area contributed by atoms with Gasteiger partial charge in [0, 0.05) is 17.5 Å². The van der Waals surface area contributed by atoms with Crippen molar-refractivity contribution in [2.24, 2.45) is 5.92 Å². The summed E-state index contributed by atoms with van der Waals surface area (Å²) in [5, 5.41) is 12.3. The highest BCUT2D eigenvalue weighted by atomic mass is 19.1. The Balaban J connectivity index is 2.30. The molecule has 0 fully saturated rings. The van der Waals surface area contributed by atoms with E-state index in [1.54, 1.807) is 26.0 Å². The van der Waals surface area contributed by atoms with Crippen molar-refractivity contribution in [1.82, 2.24) is 10.3 Å². The van der Waals surface area contributed by atoms with Gasteiger partial charge in [-0.15, -0.1) is 0 Å². The van der Waals surface area contributed by atoms with Gasteiger partial charge in [-0.3, -0.25) is 14.6 Å². The smallest absolute Gasteiger partial charge is 0.308 e. The lowest BCUT2D eigenvalue weighted by molar-refractivity contribution is -0.141. The van der Waals surface area contributed by atoms with Crippen LogP contribution in [0.1, 0.15) is 29.9 Å². The van der Waals surface area contributed by atoms with E-state index in [0.717, 1.165) is 0 Å². The number of carbonyl (C=O) groups excluding carboxylic acids is 1. The molecule has 6 heteroatoms. The first-order valence-corrected chi connectivity index (χ1v) is 6.90. The molecule has 1 heterocycles. The summed E-state index contributed by atoms with van der Waals surface area (Å²) in [6.07, 6.45) is 0. The predicted octanol–water partition coefficient (Wildman–Crippen LogP) is 2.52. The van der Waals surface area contributed by atoms with Gasteiger partial charge in [-0.1, -0.05) is 0 Å². The minimum absolute atomic E-state index is 0.351. The van der Waals surface area contributed by atoms with Gasteiger partial charge in [0.1, 0.15) is 5.82 Å². The van der Waals surface area contributed by atoms with Crippen molar-refractivity contribution < 1.29 is 19.1 Å². The van der Waals surface area contributed by atoms with Crippen molar-refractivity contribution in [3.05, 3.63) is 41.3 Å². The van der Waals surface area contributed by atoms with Crippen LogP contribution in [-0.2, 0) is 4.79 Å². The minimum Gasteiger partial charge on any atom is -0.481 e. The SMILES string of the molecule is Cc1nc2cc(F)ccc2cc1C(=O)NC(C)C(C)C(=O)O. The van der Waals surface area contributed by atoms with Gasteiger partial charge in [0.05, 0.1) is 22.7 Å². The number of carboxylic acid groups (broad SMARTS) is 1. The van der Waals surface area contributed by atoms with Crippen LogP contribution >= 0.6 is 0 Å². The Hall–Kier alpha value is -2.50. The molecule has 0 aliphatic heterocycles. The highest BCUT2D eigenvalue weighted by molar-refractivity contribution is 5.99. The van der Waals surface area contributed by atoms with Gasteiger partial charge in [-0.05, 0) is 39.0 Å². The fourth-order valence-corrected chi connectivity index (χ4v) is 2.09. The van der Waals surface area contributed by atoms with Gasteiger partial charge in [0.25, 0.3) is 5.91 Å². The molecule has 0 spiro atoms. The molecule has 0 aliphatic carbocycles. The first-order valence-electron chi connectivity index (χ1n) is 6.90. The number of pyridine rings is 1. The van der Waals surface area contributed by atoms with Crippen LogP contribution in [0.5, 0.6) is 0 Å². The monoisotopic (exact) mass is 304 g/mol. The molecule has 1 aromatic carbocycles. The van der Waals surface area contributed by atoms with Crippen molar-refractivity contribution in [3.8, 4) is 0 Å². The van der Waals surface area contributed by atoms with Crippen LogP contribution in [-0.4, -0.2) is 28.0 Å².